The van der Waals surface area contributed by atoms with E-state index in [0.717, 1.165) is 85.4 Å². The Morgan fingerprint density at radius 3 is 1.20 bits per heavy atom. The highest BCUT2D eigenvalue weighted by Gasteiger charge is 2.27. The molecule has 8 nitrogen and oxygen atoms in total. The molecule has 2 aliphatic heterocycles. The molecule has 6 aromatic rings. The van der Waals surface area contributed by atoms with E-state index in [2.05, 4.69) is 140 Å². The highest BCUT2D eigenvalue weighted by Crippen LogP contribution is 2.37. The lowest BCUT2D eigenvalue weighted by Crippen LogP contribution is -2.33. The lowest BCUT2D eigenvalue weighted by molar-refractivity contribution is -0.134. The van der Waals surface area contributed by atoms with Gasteiger partial charge in [0.15, 0.2) is 0 Å². The molecule has 71 heavy (non-hydrogen) atoms. The number of amides is 2. The van der Waals surface area contributed by atoms with E-state index >= 15 is 0 Å². The number of H-pyrrole nitrogens is 2. The number of rotatable bonds is 18. The molecular weight excluding hydrogens is 873 g/mol. The number of carbonyl (C=O) groups is 2. The minimum Gasteiger partial charge on any atom is -0.359 e. The fourth-order valence-electron chi connectivity index (χ4n) is 10.5. The van der Waals surface area contributed by atoms with E-state index in [4.69, 9.17) is 9.98 Å². The molecule has 0 radical (unpaired) electrons. The maximum atomic E-state index is 14.1. The third-order valence-corrected chi connectivity index (χ3v) is 15.0. The number of aromatic nitrogens is 2. The van der Waals surface area contributed by atoms with Gasteiger partial charge in [-0.15, -0.1) is 0 Å². The van der Waals surface area contributed by atoms with Crippen LogP contribution in [0.4, 0.5) is 0 Å². The first-order valence-electron chi connectivity index (χ1n) is 25.3. The zero-order valence-electron chi connectivity index (χ0n) is 43.4. The molecule has 2 N–H and O–H groups in total. The first-order valence-corrected chi connectivity index (χ1v) is 25.3. The van der Waals surface area contributed by atoms with Crippen molar-refractivity contribution < 1.29 is 9.59 Å². The number of benzene rings is 4. The van der Waals surface area contributed by atoms with Crippen molar-refractivity contribution in [2.75, 3.05) is 0 Å². The van der Waals surface area contributed by atoms with Gasteiger partial charge in [0, 0.05) is 66.6 Å². The summed E-state index contributed by atoms with van der Waals surface area (Å²) in [6.07, 6.45) is 7.22. The highest BCUT2D eigenvalue weighted by molar-refractivity contribution is 6.09. The molecule has 0 spiro atoms. The van der Waals surface area contributed by atoms with Gasteiger partial charge in [-0.1, -0.05) is 121 Å². The van der Waals surface area contributed by atoms with Crippen molar-refractivity contribution in [1.29, 1.82) is 0 Å². The predicted octanol–water partition coefficient (Wildman–Crippen LogP) is 14.4. The van der Waals surface area contributed by atoms with Crippen molar-refractivity contribution in [3.05, 3.63) is 222 Å². The molecule has 8 rings (SSSR count). The Labute approximate surface area is 421 Å². The van der Waals surface area contributed by atoms with Crippen LogP contribution in [0.1, 0.15) is 140 Å². The number of aliphatic imine (C=N–C) groups is 2. The number of allylic oxidation sites excluding steroid dienone is 4. The van der Waals surface area contributed by atoms with Crippen LogP contribution < -0.4 is 0 Å². The third-order valence-electron chi connectivity index (χ3n) is 15.0. The van der Waals surface area contributed by atoms with Crippen molar-refractivity contribution in [2.45, 2.75) is 127 Å². The van der Waals surface area contributed by atoms with Crippen LogP contribution in [-0.4, -0.2) is 43.0 Å². The minimum absolute atomic E-state index is 0.0558. The topological polar surface area (TPSA) is 96.9 Å². The molecule has 0 bridgehead atoms. The first-order chi connectivity index (χ1) is 34.2. The zero-order valence-corrected chi connectivity index (χ0v) is 43.4. The van der Waals surface area contributed by atoms with E-state index in [1.807, 2.05) is 82.6 Å². The van der Waals surface area contributed by atoms with Gasteiger partial charge in [-0.05, 0) is 161 Å². The van der Waals surface area contributed by atoms with Crippen molar-refractivity contribution in [1.82, 2.24) is 19.8 Å². The average molecular weight is 943 g/mol. The molecular formula is C63H70N6O2. The Hall–Kier alpha value is -7.32. The molecule has 2 aromatic heterocycles. The second-order valence-electron chi connectivity index (χ2n) is 19.6. The molecule has 4 aromatic carbocycles. The lowest BCUT2D eigenvalue weighted by atomic mass is 9.93. The van der Waals surface area contributed by atoms with Crippen LogP contribution in [-0.2, 0) is 35.5 Å². The largest absolute Gasteiger partial charge is 0.359 e. The Morgan fingerprint density at radius 2 is 0.845 bits per heavy atom. The molecule has 2 amide bonds. The van der Waals surface area contributed by atoms with Crippen molar-refractivity contribution in [2.24, 2.45) is 9.98 Å². The molecule has 4 heterocycles. The molecule has 0 saturated heterocycles. The Balaban J connectivity index is 0.951. The molecule has 0 aliphatic carbocycles. The van der Waals surface area contributed by atoms with E-state index < -0.39 is 0 Å². The van der Waals surface area contributed by atoms with Gasteiger partial charge < -0.3 is 19.8 Å². The fraction of sp³-hybridized carbons (Fsp3) is 0.302. The van der Waals surface area contributed by atoms with Gasteiger partial charge in [0.2, 0.25) is 11.8 Å². The normalized spacial score (nSPS) is 15.7. The number of aryl methyl sites for hydroxylation is 2. The van der Waals surface area contributed by atoms with E-state index in [0.29, 0.717) is 38.8 Å². The van der Waals surface area contributed by atoms with Gasteiger partial charge in [-0.3, -0.25) is 19.6 Å². The highest BCUT2D eigenvalue weighted by atomic mass is 16.2. The predicted molar refractivity (Wildman–Crippen MR) is 293 cm³/mol. The lowest BCUT2D eigenvalue weighted by Gasteiger charge is -2.30. The number of carbonyl (C=O) groups excluding carboxylic acids is 2. The van der Waals surface area contributed by atoms with Gasteiger partial charge in [-0.25, -0.2) is 0 Å². The van der Waals surface area contributed by atoms with E-state index in [-0.39, 0.29) is 23.9 Å². The SMILES string of the molecule is CC1=N/C(=C\c2[nH]c(C)c(CCC(=O)N(Cc3ccccc3)[C@H](C)c3ccccc3)c2C)C(C)=C1CC1=C(C)/C(=C/c2[nH]c(C)c(CCC(=O)N(Cc3ccccc3)[C@H](C)c3ccccc3)c2C)N=C1C. The smallest absolute Gasteiger partial charge is 0.223 e. The second kappa shape index (κ2) is 22.2. The second-order valence-corrected chi connectivity index (χ2v) is 19.6. The van der Waals surface area contributed by atoms with Crippen LogP contribution in [0.2, 0.25) is 0 Å². The molecule has 2 aliphatic rings. The summed E-state index contributed by atoms with van der Waals surface area (Å²) in [7, 11) is 0. The molecule has 0 saturated carbocycles. The van der Waals surface area contributed by atoms with Crippen LogP contribution in [0.15, 0.2) is 165 Å². The van der Waals surface area contributed by atoms with Crippen molar-refractivity contribution >= 4 is 35.4 Å². The Morgan fingerprint density at radius 1 is 0.507 bits per heavy atom. The molecule has 364 valence electrons. The van der Waals surface area contributed by atoms with Crippen LogP contribution in [0.25, 0.3) is 12.2 Å². The Kier molecular flexibility index (Phi) is 15.6. The summed E-state index contributed by atoms with van der Waals surface area (Å²) in [6.45, 7) is 22.5. The van der Waals surface area contributed by atoms with Crippen LogP contribution in [0, 0.1) is 27.7 Å². The quantitative estimate of drug-likeness (QED) is 0.0897. The fourth-order valence-corrected chi connectivity index (χ4v) is 10.5. The van der Waals surface area contributed by atoms with E-state index in [1.54, 1.807) is 0 Å². The van der Waals surface area contributed by atoms with Gasteiger partial charge in [0.25, 0.3) is 0 Å². The summed E-state index contributed by atoms with van der Waals surface area (Å²) >= 11 is 0. The van der Waals surface area contributed by atoms with Crippen LogP contribution >= 0.6 is 0 Å². The number of hydrogen-bond acceptors (Lipinski definition) is 4. The summed E-state index contributed by atoms with van der Waals surface area (Å²) < 4.78 is 0. The van der Waals surface area contributed by atoms with Gasteiger partial charge >= 0.3 is 0 Å². The Bertz CT molecular complexity index is 2880. The number of hydrogen-bond donors (Lipinski definition) is 2. The van der Waals surface area contributed by atoms with Gasteiger partial charge in [0.1, 0.15) is 0 Å². The van der Waals surface area contributed by atoms with Crippen molar-refractivity contribution in [3.8, 4) is 0 Å². The maximum Gasteiger partial charge on any atom is 0.223 e. The summed E-state index contributed by atoms with van der Waals surface area (Å²) in [5, 5.41) is 0. The van der Waals surface area contributed by atoms with Gasteiger partial charge in [0.05, 0.1) is 23.5 Å². The molecule has 8 heteroatoms. The summed E-state index contributed by atoms with van der Waals surface area (Å²) in [5.74, 6) is 0.279. The van der Waals surface area contributed by atoms with Gasteiger partial charge in [-0.2, -0.15) is 0 Å². The number of nitrogens with one attached hydrogen (secondary N) is 2. The zero-order chi connectivity index (χ0) is 50.3. The summed E-state index contributed by atoms with van der Waals surface area (Å²) in [5.41, 5.74) is 22.1. The van der Waals surface area contributed by atoms with E-state index in [1.165, 1.54) is 33.4 Å². The summed E-state index contributed by atoms with van der Waals surface area (Å²) in [6, 6.07) is 41.0. The van der Waals surface area contributed by atoms with Crippen molar-refractivity contribution in [3.63, 3.8) is 0 Å². The average Bonchev–Trinajstić information content (AvgIpc) is 4.01. The number of nitrogens with zero attached hydrogens (tertiary/aromatic N) is 4. The van der Waals surface area contributed by atoms with E-state index in [9.17, 15) is 9.59 Å². The standard InChI is InChI=1S/C63H70N6O2/c1-40-54(31-33-62(70)68(38-50-23-15-11-16-24-50)48(9)52-27-19-13-20-28-52)44(5)64-58(40)36-60-42(3)56(46(7)66-60)35-57-43(4)61(67-47(57)8)37-59-41(2)55(45(6)65-59)32-34-63(71)69(39-51-25-17-12-18-26-51)49(10)53-29-21-14-22-30-53/h11-30,36-37,48-49,64-65H,31-35,38-39H2,1-10H3/b60-36-,61-37-/t48-,49-/m1/s1. The van der Waals surface area contributed by atoms with Crippen LogP contribution in [0.3, 0.4) is 0 Å². The molecule has 0 fully saturated rings. The minimum atomic E-state index is -0.0558. The molecule has 2 atom stereocenters. The first kappa shape index (κ1) is 50.1. The summed E-state index contributed by atoms with van der Waals surface area (Å²) in [4.78, 5) is 49.8. The maximum absolute atomic E-state index is 14.1. The van der Waals surface area contributed by atoms with Crippen LogP contribution in [0.5, 0.6) is 0 Å². The monoisotopic (exact) mass is 943 g/mol. The molecule has 0 unspecified atom stereocenters. The number of aromatic amines is 2. The third kappa shape index (κ3) is 11.3.